The minimum Gasteiger partial charge on any atom is -0.480 e. The average Bonchev–Trinajstić information content (AvgIpc) is 2.17. The minimum absolute atomic E-state index is 0.590. The number of rotatable bonds is 3. The van der Waals surface area contributed by atoms with Crippen molar-refractivity contribution < 1.29 is 4.74 Å². The van der Waals surface area contributed by atoms with Gasteiger partial charge in [-0.25, -0.2) is 4.98 Å². The van der Waals surface area contributed by atoms with Crippen LogP contribution in [0.4, 0.5) is 0 Å². The molecular formula is C9H10BrNOS. The van der Waals surface area contributed by atoms with Crippen LogP contribution in [0, 0.1) is 0 Å². The van der Waals surface area contributed by atoms with Crippen molar-refractivity contribution in [3.05, 3.63) is 22.8 Å². The van der Waals surface area contributed by atoms with E-state index in [1.165, 1.54) is 0 Å². The lowest BCUT2D eigenvalue weighted by molar-refractivity contribution is 0.394. The number of halogens is 1. The summed E-state index contributed by atoms with van der Waals surface area (Å²) in [6.45, 7) is 3.70. The van der Waals surface area contributed by atoms with Crippen molar-refractivity contribution in [3.63, 3.8) is 0 Å². The first-order valence-electron chi connectivity index (χ1n) is 3.64. The molecular weight excluding hydrogens is 250 g/mol. The van der Waals surface area contributed by atoms with Gasteiger partial charge in [0.1, 0.15) is 0 Å². The van der Waals surface area contributed by atoms with Gasteiger partial charge in [0, 0.05) is 4.90 Å². The molecule has 0 bridgehead atoms. The lowest BCUT2D eigenvalue weighted by Gasteiger charge is -2.06. The molecule has 0 aliphatic carbocycles. The number of hydrogen-bond acceptors (Lipinski definition) is 3. The highest BCUT2D eigenvalue weighted by atomic mass is 79.9. The quantitative estimate of drug-likeness (QED) is 0.779. The fourth-order valence-corrected chi connectivity index (χ4v) is 2.13. The average molecular weight is 260 g/mol. The monoisotopic (exact) mass is 259 g/mol. The van der Waals surface area contributed by atoms with E-state index in [1.54, 1.807) is 24.9 Å². The normalized spacial score (nSPS) is 9.77. The van der Waals surface area contributed by atoms with Crippen molar-refractivity contribution in [2.24, 2.45) is 0 Å². The third kappa shape index (κ3) is 2.25. The topological polar surface area (TPSA) is 22.1 Å². The molecule has 2 nitrogen and oxygen atoms in total. The summed E-state index contributed by atoms with van der Waals surface area (Å²) in [5.74, 6) is 0.590. The summed E-state index contributed by atoms with van der Waals surface area (Å²) in [5.41, 5.74) is 0.854. The Bertz CT molecular complexity index is 328. The van der Waals surface area contributed by atoms with E-state index in [1.807, 2.05) is 12.3 Å². The molecule has 4 heteroatoms. The van der Waals surface area contributed by atoms with Crippen LogP contribution in [0.25, 0.3) is 6.08 Å². The molecule has 1 aromatic rings. The lowest BCUT2D eigenvalue weighted by Crippen LogP contribution is -1.93. The first-order valence-corrected chi connectivity index (χ1v) is 5.65. The SMILES string of the molecule is C=Cc1nc(OC)c(Br)cc1SC. The van der Waals surface area contributed by atoms with Gasteiger partial charge < -0.3 is 4.74 Å². The summed E-state index contributed by atoms with van der Waals surface area (Å²) >= 11 is 5.01. The molecule has 0 atom stereocenters. The number of ether oxygens (including phenoxy) is 1. The van der Waals surface area contributed by atoms with Crippen LogP contribution in [0.5, 0.6) is 5.88 Å². The molecule has 0 aliphatic heterocycles. The third-order valence-corrected chi connectivity index (χ3v) is 2.88. The van der Waals surface area contributed by atoms with E-state index in [-0.39, 0.29) is 0 Å². The van der Waals surface area contributed by atoms with Crippen LogP contribution in [0.3, 0.4) is 0 Å². The zero-order chi connectivity index (χ0) is 9.84. The molecule has 13 heavy (non-hydrogen) atoms. The largest absolute Gasteiger partial charge is 0.480 e. The maximum Gasteiger partial charge on any atom is 0.228 e. The van der Waals surface area contributed by atoms with Crippen molar-refractivity contribution in [1.29, 1.82) is 0 Å². The zero-order valence-corrected chi connectivity index (χ0v) is 9.91. The van der Waals surface area contributed by atoms with Crippen LogP contribution in [0.1, 0.15) is 5.69 Å². The molecule has 0 unspecified atom stereocenters. The van der Waals surface area contributed by atoms with Crippen LogP contribution < -0.4 is 4.74 Å². The summed E-state index contributed by atoms with van der Waals surface area (Å²) in [7, 11) is 1.60. The van der Waals surface area contributed by atoms with Gasteiger partial charge in [0.25, 0.3) is 0 Å². The molecule has 0 amide bonds. The molecule has 0 spiro atoms. The van der Waals surface area contributed by atoms with Crippen LogP contribution in [-0.2, 0) is 0 Å². The van der Waals surface area contributed by atoms with Gasteiger partial charge in [-0.3, -0.25) is 0 Å². The fourth-order valence-electron chi connectivity index (χ4n) is 0.922. The summed E-state index contributed by atoms with van der Waals surface area (Å²) in [5, 5.41) is 0. The number of nitrogens with zero attached hydrogens (tertiary/aromatic N) is 1. The molecule has 0 N–H and O–H groups in total. The van der Waals surface area contributed by atoms with Crippen molar-refractivity contribution in [1.82, 2.24) is 4.98 Å². The van der Waals surface area contributed by atoms with Crippen LogP contribution >= 0.6 is 27.7 Å². The van der Waals surface area contributed by atoms with Crippen LogP contribution in [-0.4, -0.2) is 18.3 Å². The maximum absolute atomic E-state index is 5.07. The van der Waals surface area contributed by atoms with Crippen LogP contribution in [0.15, 0.2) is 22.0 Å². The van der Waals surface area contributed by atoms with Gasteiger partial charge in [-0.05, 0) is 34.3 Å². The number of pyridine rings is 1. The molecule has 0 radical (unpaired) electrons. The predicted octanol–water partition coefficient (Wildman–Crippen LogP) is 3.22. The second-order valence-electron chi connectivity index (χ2n) is 2.27. The Labute approximate surface area is 90.5 Å². The van der Waals surface area contributed by atoms with Crippen molar-refractivity contribution >= 4 is 33.8 Å². The number of hydrogen-bond donors (Lipinski definition) is 0. The van der Waals surface area contributed by atoms with Crippen LogP contribution in [0.2, 0.25) is 0 Å². The minimum atomic E-state index is 0.590. The first kappa shape index (κ1) is 10.6. The predicted molar refractivity (Wildman–Crippen MR) is 60.4 cm³/mol. The second-order valence-corrected chi connectivity index (χ2v) is 3.97. The van der Waals surface area contributed by atoms with Crippen molar-refractivity contribution in [2.45, 2.75) is 4.90 Å². The van der Waals surface area contributed by atoms with Gasteiger partial charge >= 0.3 is 0 Å². The lowest BCUT2D eigenvalue weighted by atomic mass is 10.3. The van der Waals surface area contributed by atoms with Gasteiger partial charge in [0.05, 0.1) is 17.3 Å². The molecule has 0 saturated carbocycles. The first-order chi connectivity index (χ1) is 6.22. The highest BCUT2D eigenvalue weighted by Crippen LogP contribution is 2.30. The van der Waals surface area contributed by atoms with Gasteiger partial charge in [0.15, 0.2) is 0 Å². The van der Waals surface area contributed by atoms with E-state index in [0.29, 0.717) is 5.88 Å². The second kappa shape index (κ2) is 4.67. The van der Waals surface area contributed by atoms with Crippen molar-refractivity contribution in [3.8, 4) is 5.88 Å². The summed E-state index contributed by atoms with van der Waals surface area (Å²) in [4.78, 5) is 5.36. The van der Waals surface area contributed by atoms with Crippen molar-refractivity contribution in [2.75, 3.05) is 13.4 Å². The van der Waals surface area contributed by atoms with E-state index in [0.717, 1.165) is 15.1 Å². The molecule has 1 heterocycles. The van der Waals surface area contributed by atoms with E-state index >= 15 is 0 Å². The Hall–Kier alpha value is -0.480. The molecule has 0 aromatic carbocycles. The highest BCUT2D eigenvalue weighted by Gasteiger charge is 2.07. The number of aromatic nitrogens is 1. The standard InChI is InChI=1S/C9H10BrNOS/c1-4-7-8(13-3)5-6(10)9(11-7)12-2/h4-5H,1H2,2-3H3. The molecule has 0 saturated heterocycles. The Morgan fingerprint density at radius 3 is 2.85 bits per heavy atom. The summed E-state index contributed by atoms with van der Waals surface area (Å²) in [6, 6.07) is 1.98. The molecule has 70 valence electrons. The third-order valence-electron chi connectivity index (χ3n) is 1.54. The Morgan fingerprint density at radius 1 is 1.69 bits per heavy atom. The molecule has 0 aliphatic rings. The molecule has 1 rings (SSSR count). The van der Waals surface area contributed by atoms with Gasteiger partial charge in [-0.1, -0.05) is 6.58 Å². The Balaban J connectivity index is 3.26. The van der Waals surface area contributed by atoms with Gasteiger partial charge in [-0.2, -0.15) is 0 Å². The van der Waals surface area contributed by atoms with E-state index in [4.69, 9.17) is 4.74 Å². The smallest absolute Gasteiger partial charge is 0.228 e. The number of thioether (sulfide) groups is 1. The Kier molecular flexibility index (Phi) is 3.81. The fraction of sp³-hybridized carbons (Fsp3) is 0.222. The molecule has 0 fully saturated rings. The van der Waals surface area contributed by atoms with Gasteiger partial charge in [0.2, 0.25) is 5.88 Å². The molecule has 1 aromatic heterocycles. The van der Waals surface area contributed by atoms with E-state index in [9.17, 15) is 0 Å². The summed E-state index contributed by atoms with van der Waals surface area (Å²) in [6.07, 6.45) is 3.73. The van der Waals surface area contributed by atoms with E-state index < -0.39 is 0 Å². The van der Waals surface area contributed by atoms with E-state index in [2.05, 4.69) is 27.5 Å². The highest BCUT2D eigenvalue weighted by molar-refractivity contribution is 9.10. The Morgan fingerprint density at radius 2 is 2.38 bits per heavy atom. The number of methoxy groups -OCH3 is 1. The zero-order valence-electron chi connectivity index (χ0n) is 7.50. The summed E-state index contributed by atoms with van der Waals surface area (Å²) < 4.78 is 5.94. The van der Waals surface area contributed by atoms with Gasteiger partial charge in [-0.15, -0.1) is 11.8 Å². The maximum atomic E-state index is 5.07.